The minimum atomic E-state index is 0.237. The summed E-state index contributed by atoms with van der Waals surface area (Å²) < 4.78 is 0. The van der Waals surface area contributed by atoms with E-state index >= 15 is 0 Å². The van der Waals surface area contributed by atoms with Gasteiger partial charge in [-0.25, -0.2) is 0 Å². The van der Waals surface area contributed by atoms with Gasteiger partial charge in [-0.1, -0.05) is 19.8 Å². The molecule has 1 N–H and O–H groups in total. The molecule has 0 radical (unpaired) electrons. The maximum absolute atomic E-state index is 11.7. The van der Waals surface area contributed by atoms with Gasteiger partial charge in [0.15, 0.2) is 0 Å². The number of nitrogens with zero attached hydrogens (tertiary/aromatic N) is 1. The average Bonchev–Trinajstić information content (AvgIpc) is 2.36. The summed E-state index contributed by atoms with van der Waals surface area (Å²) in [5, 5.41) is 3.12. The summed E-state index contributed by atoms with van der Waals surface area (Å²) in [4.78, 5) is 14.3. The molecule has 1 fully saturated rings. The Morgan fingerprint density at radius 3 is 2.68 bits per heavy atom. The molecular weight excluding hydrogens is 236 g/mol. The first-order valence-corrected chi connectivity index (χ1v) is 7.95. The Morgan fingerprint density at radius 1 is 1.32 bits per heavy atom. The number of rotatable bonds is 6. The fraction of sp³-hybridized carbons (Fsp3) is 0.938. The molecule has 0 saturated carbocycles. The van der Waals surface area contributed by atoms with Crippen molar-refractivity contribution in [2.24, 2.45) is 5.92 Å². The van der Waals surface area contributed by atoms with Gasteiger partial charge in [-0.2, -0.15) is 0 Å². The number of piperidine rings is 1. The van der Waals surface area contributed by atoms with Crippen LogP contribution in [0.5, 0.6) is 0 Å². The van der Waals surface area contributed by atoms with Crippen LogP contribution in [-0.2, 0) is 4.79 Å². The third-order valence-electron chi connectivity index (χ3n) is 4.06. The van der Waals surface area contributed by atoms with E-state index < -0.39 is 0 Å². The summed E-state index contributed by atoms with van der Waals surface area (Å²) in [6.07, 6.45) is 6.57. The van der Waals surface area contributed by atoms with Crippen LogP contribution in [0, 0.1) is 5.92 Å². The molecule has 1 unspecified atom stereocenters. The van der Waals surface area contributed by atoms with E-state index in [2.05, 4.69) is 37.9 Å². The molecule has 19 heavy (non-hydrogen) atoms. The zero-order chi connectivity index (χ0) is 14.3. The molecule has 1 aliphatic rings. The molecule has 1 aliphatic heterocycles. The van der Waals surface area contributed by atoms with Crippen LogP contribution in [-0.4, -0.2) is 36.0 Å². The van der Waals surface area contributed by atoms with Crippen molar-refractivity contribution < 1.29 is 4.79 Å². The zero-order valence-corrected chi connectivity index (χ0v) is 13.3. The van der Waals surface area contributed by atoms with Crippen LogP contribution in [0.3, 0.4) is 0 Å². The molecule has 0 aromatic carbocycles. The lowest BCUT2D eigenvalue weighted by Crippen LogP contribution is -2.49. The maximum Gasteiger partial charge on any atom is 0.220 e. The van der Waals surface area contributed by atoms with Crippen LogP contribution in [0.2, 0.25) is 0 Å². The number of amides is 1. The Bertz CT molecular complexity index is 270. The lowest BCUT2D eigenvalue weighted by molar-refractivity contribution is -0.121. The highest BCUT2D eigenvalue weighted by molar-refractivity contribution is 5.75. The fourth-order valence-electron chi connectivity index (χ4n) is 2.72. The quantitative estimate of drug-likeness (QED) is 0.750. The monoisotopic (exact) mass is 268 g/mol. The van der Waals surface area contributed by atoms with Gasteiger partial charge in [0.2, 0.25) is 5.91 Å². The largest absolute Gasteiger partial charge is 0.356 e. The summed E-state index contributed by atoms with van der Waals surface area (Å²) in [5.74, 6) is 0.865. The van der Waals surface area contributed by atoms with Crippen molar-refractivity contribution in [1.82, 2.24) is 10.2 Å². The molecule has 1 heterocycles. The Hall–Kier alpha value is -0.570. The first-order chi connectivity index (χ1) is 8.93. The van der Waals surface area contributed by atoms with E-state index in [9.17, 15) is 4.79 Å². The number of nitrogens with one attached hydrogen (secondary N) is 1. The second-order valence-electron chi connectivity index (χ2n) is 6.89. The molecule has 112 valence electrons. The molecule has 1 rings (SSSR count). The van der Waals surface area contributed by atoms with Crippen LogP contribution < -0.4 is 5.32 Å². The maximum atomic E-state index is 11.7. The van der Waals surface area contributed by atoms with Crippen molar-refractivity contribution in [3.8, 4) is 0 Å². The Balaban J connectivity index is 2.23. The van der Waals surface area contributed by atoms with Crippen LogP contribution in [0.4, 0.5) is 0 Å². The Kier molecular flexibility index (Phi) is 6.84. The first-order valence-electron chi connectivity index (χ1n) is 7.95. The van der Waals surface area contributed by atoms with Crippen molar-refractivity contribution in [3.05, 3.63) is 0 Å². The topological polar surface area (TPSA) is 32.3 Å². The van der Waals surface area contributed by atoms with E-state index in [0.717, 1.165) is 25.9 Å². The van der Waals surface area contributed by atoms with E-state index in [1.807, 2.05) is 0 Å². The van der Waals surface area contributed by atoms with Crippen LogP contribution in [0.1, 0.15) is 66.2 Å². The van der Waals surface area contributed by atoms with E-state index in [0.29, 0.717) is 12.3 Å². The third kappa shape index (κ3) is 6.42. The fourth-order valence-corrected chi connectivity index (χ4v) is 2.72. The summed E-state index contributed by atoms with van der Waals surface area (Å²) in [7, 11) is 0. The number of carbonyl (C=O) groups excluding carboxylic acids is 1. The highest BCUT2D eigenvalue weighted by Crippen LogP contribution is 2.23. The average molecular weight is 268 g/mol. The van der Waals surface area contributed by atoms with E-state index in [1.165, 1.54) is 25.8 Å². The van der Waals surface area contributed by atoms with E-state index in [-0.39, 0.29) is 11.4 Å². The van der Waals surface area contributed by atoms with Gasteiger partial charge in [0.25, 0.3) is 0 Å². The number of likely N-dealkylation sites (tertiary alicyclic amines) is 1. The summed E-state index contributed by atoms with van der Waals surface area (Å²) in [6, 6.07) is 0. The van der Waals surface area contributed by atoms with Crippen molar-refractivity contribution in [2.45, 2.75) is 71.8 Å². The zero-order valence-electron chi connectivity index (χ0n) is 13.3. The minimum absolute atomic E-state index is 0.237. The Morgan fingerprint density at radius 2 is 2.05 bits per heavy atom. The number of unbranched alkanes of at least 4 members (excludes halogenated alkanes) is 2. The minimum Gasteiger partial charge on any atom is -0.356 e. The second-order valence-corrected chi connectivity index (χ2v) is 6.89. The van der Waals surface area contributed by atoms with Gasteiger partial charge >= 0.3 is 0 Å². The third-order valence-corrected chi connectivity index (χ3v) is 4.06. The number of hydrogen-bond acceptors (Lipinski definition) is 2. The molecule has 1 atom stereocenters. The lowest BCUT2D eigenvalue weighted by atomic mass is 9.93. The second kappa shape index (κ2) is 7.88. The van der Waals surface area contributed by atoms with Gasteiger partial charge in [-0.3, -0.25) is 9.69 Å². The lowest BCUT2D eigenvalue weighted by Gasteiger charge is -2.41. The van der Waals surface area contributed by atoms with Gasteiger partial charge in [0.1, 0.15) is 0 Å². The normalized spacial score (nSPS) is 21.4. The molecule has 1 amide bonds. The van der Waals surface area contributed by atoms with Crippen molar-refractivity contribution >= 4 is 5.91 Å². The number of hydrogen-bond donors (Lipinski definition) is 1. The van der Waals surface area contributed by atoms with Crippen LogP contribution in [0.15, 0.2) is 0 Å². The van der Waals surface area contributed by atoms with Gasteiger partial charge < -0.3 is 5.32 Å². The summed E-state index contributed by atoms with van der Waals surface area (Å²) in [5.41, 5.74) is 0.254. The van der Waals surface area contributed by atoms with Crippen LogP contribution in [0.25, 0.3) is 0 Å². The highest BCUT2D eigenvalue weighted by atomic mass is 16.1. The van der Waals surface area contributed by atoms with Crippen molar-refractivity contribution in [3.63, 3.8) is 0 Å². The van der Waals surface area contributed by atoms with Gasteiger partial charge in [-0.05, 0) is 52.5 Å². The molecule has 0 aromatic heterocycles. The molecule has 0 bridgehead atoms. The molecule has 0 spiro atoms. The number of carbonyl (C=O) groups is 1. The highest BCUT2D eigenvalue weighted by Gasteiger charge is 2.27. The predicted octanol–water partition coefficient (Wildman–Crippen LogP) is 3.19. The first kappa shape index (κ1) is 16.5. The van der Waals surface area contributed by atoms with E-state index in [1.54, 1.807) is 0 Å². The molecule has 1 saturated heterocycles. The van der Waals surface area contributed by atoms with Gasteiger partial charge in [0, 0.05) is 25.0 Å². The van der Waals surface area contributed by atoms with E-state index in [4.69, 9.17) is 0 Å². The van der Waals surface area contributed by atoms with Gasteiger partial charge in [-0.15, -0.1) is 0 Å². The predicted molar refractivity (Wildman–Crippen MR) is 81.2 cm³/mol. The van der Waals surface area contributed by atoms with Crippen molar-refractivity contribution in [1.29, 1.82) is 0 Å². The van der Waals surface area contributed by atoms with Crippen LogP contribution >= 0.6 is 0 Å². The molecule has 3 nitrogen and oxygen atoms in total. The molecule has 0 aromatic rings. The standard InChI is InChI=1S/C16H32N2O/c1-5-6-7-10-15(19)17-12-14-9-8-11-18(13-14)16(2,3)4/h14H,5-13H2,1-4H3,(H,17,19). The SMILES string of the molecule is CCCCCC(=O)NCC1CCCN(C(C)(C)C)C1. The summed E-state index contributed by atoms with van der Waals surface area (Å²) >= 11 is 0. The Labute approximate surface area is 119 Å². The molecular formula is C16H32N2O. The molecule has 3 heteroatoms. The summed E-state index contributed by atoms with van der Waals surface area (Å²) in [6.45, 7) is 12.2. The smallest absolute Gasteiger partial charge is 0.220 e. The van der Waals surface area contributed by atoms with Crippen molar-refractivity contribution in [2.75, 3.05) is 19.6 Å². The van der Waals surface area contributed by atoms with Gasteiger partial charge in [0.05, 0.1) is 0 Å². The molecule has 0 aliphatic carbocycles.